The van der Waals surface area contributed by atoms with Gasteiger partial charge in [-0.1, -0.05) is 36.4 Å². The number of hydrogen-bond donors (Lipinski definition) is 0. The van der Waals surface area contributed by atoms with Crippen molar-refractivity contribution in [1.82, 2.24) is 0 Å². The van der Waals surface area contributed by atoms with E-state index in [2.05, 4.69) is 4.99 Å². The predicted octanol–water partition coefficient (Wildman–Crippen LogP) is 5.88. The standard InChI is InChI=1S/C21H22F3NO2/c1-16(8-6-7-11-17-9-4-3-5-10-17)27-20(21(22,23)24)25-18-12-14-19(26-2)15-13-18/h3-6,8-10,12-16H,7,11H2,1-2H3/b8-6+,25-20?. The van der Waals surface area contributed by atoms with E-state index in [-0.39, 0.29) is 5.69 Å². The number of ether oxygens (including phenoxy) is 2. The lowest BCUT2D eigenvalue weighted by Crippen LogP contribution is -2.28. The quantitative estimate of drug-likeness (QED) is 0.343. The van der Waals surface area contributed by atoms with E-state index in [1.807, 2.05) is 36.4 Å². The maximum Gasteiger partial charge on any atom is 0.468 e. The van der Waals surface area contributed by atoms with Crippen LogP contribution in [0.5, 0.6) is 5.75 Å². The summed E-state index contributed by atoms with van der Waals surface area (Å²) in [5.74, 6) is -0.731. The van der Waals surface area contributed by atoms with Crippen molar-refractivity contribution < 1.29 is 22.6 Å². The van der Waals surface area contributed by atoms with Crippen LogP contribution in [-0.4, -0.2) is 25.3 Å². The normalized spacial score (nSPS) is 13.6. The van der Waals surface area contributed by atoms with Crippen LogP contribution in [0.1, 0.15) is 18.9 Å². The van der Waals surface area contributed by atoms with Gasteiger partial charge in [-0.2, -0.15) is 13.2 Å². The van der Waals surface area contributed by atoms with Crippen LogP contribution in [-0.2, 0) is 11.2 Å². The van der Waals surface area contributed by atoms with Crippen LogP contribution in [0.4, 0.5) is 18.9 Å². The van der Waals surface area contributed by atoms with Crippen molar-refractivity contribution in [3.63, 3.8) is 0 Å². The first-order valence-electron chi connectivity index (χ1n) is 8.55. The zero-order valence-corrected chi connectivity index (χ0v) is 15.2. The summed E-state index contributed by atoms with van der Waals surface area (Å²) in [6, 6.07) is 15.8. The Balaban J connectivity index is 1.98. The molecule has 27 heavy (non-hydrogen) atoms. The number of hydrogen-bond acceptors (Lipinski definition) is 3. The summed E-state index contributed by atoms with van der Waals surface area (Å²) < 4.78 is 49.7. The van der Waals surface area contributed by atoms with Gasteiger partial charge in [-0.3, -0.25) is 0 Å². The van der Waals surface area contributed by atoms with Crippen LogP contribution in [0, 0.1) is 0 Å². The van der Waals surface area contributed by atoms with Crippen LogP contribution in [0.25, 0.3) is 0 Å². The van der Waals surface area contributed by atoms with Crippen LogP contribution < -0.4 is 4.74 Å². The second-order valence-electron chi connectivity index (χ2n) is 5.89. The summed E-state index contributed by atoms with van der Waals surface area (Å²) in [6.07, 6.45) is -0.465. The molecule has 2 rings (SSSR count). The van der Waals surface area contributed by atoms with Gasteiger partial charge >= 0.3 is 6.18 Å². The molecule has 0 aliphatic rings. The van der Waals surface area contributed by atoms with E-state index in [0.29, 0.717) is 12.2 Å². The lowest BCUT2D eigenvalue weighted by Gasteiger charge is -2.15. The summed E-state index contributed by atoms with van der Waals surface area (Å²) >= 11 is 0. The minimum absolute atomic E-state index is 0.142. The van der Waals surface area contributed by atoms with E-state index in [9.17, 15) is 13.2 Å². The molecule has 0 heterocycles. The van der Waals surface area contributed by atoms with Crippen molar-refractivity contribution >= 4 is 11.6 Å². The highest BCUT2D eigenvalue weighted by Gasteiger charge is 2.39. The predicted molar refractivity (Wildman–Crippen MR) is 101 cm³/mol. The summed E-state index contributed by atoms with van der Waals surface area (Å²) in [5.41, 5.74) is 1.32. The maximum atomic E-state index is 13.2. The monoisotopic (exact) mass is 377 g/mol. The highest BCUT2D eigenvalue weighted by Crippen LogP contribution is 2.25. The van der Waals surface area contributed by atoms with Crippen LogP contribution >= 0.6 is 0 Å². The molecule has 0 radical (unpaired) electrons. The van der Waals surface area contributed by atoms with Crippen molar-refractivity contribution in [3.8, 4) is 5.75 Å². The molecular formula is C21H22F3NO2. The Kier molecular flexibility index (Phi) is 7.46. The molecule has 0 spiro atoms. The Morgan fingerprint density at radius 1 is 1.07 bits per heavy atom. The molecule has 1 atom stereocenters. The molecule has 0 amide bonds. The van der Waals surface area contributed by atoms with Crippen molar-refractivity contribution in [3.05, 3.63) is 72.3 Å². The van der Waals surface area contributed by atoms with E-state index in [1.54, 1.807) is 25.1 Å². The molecule has 2 aromatic rings. The van der Waals surface area contributed by atoms with Gasteiger partial charge in [0.05, 0.1) is 12.8 Å². The zero-order valence-electron chi connectivity index (χ0n) is 15.2. The largest absolute Gasteiger partial charge is 0.497 e. The number of aryl methyl sites for hydroxylation is 1. The Labute approximate surface area is 157 Å². The molecule has 0 fully saturated rings. The van der Waals surface area contributed by atoms with Crippen LogP contribution in [0.15, 0.2) is 71.7 Å². The highest BCUT2D eigenvalue weighted by atomic mass is 19.4. The van der Waals surface area contributed by atoms with Gasteiger partial charge in [0.25, 0.3) is 5.90 Å². The summed E-state index contributed by atoms with van der Waals surface area (Å²) in [4.78, 5) is 3.60. The number of halogens is 3. The maximum absolute atomic E-state index is 13.2. The van der Waals surface area contributed by atoms with Gasteiger partial charge in [-0.05, 0) is 55.7 Å². The lowest BCUT2D eigenvalue weighted by atomic mass is 10.1. The van der Waals surface area contributed by atoms with E-state index in [1.165, 1.54) is 24.8 Å². The fraction of sp³-hybridized carbons (Fsp3) is 0.286. The van der Waals surface area contributed by atoms with Gasteiger partial charge < -0.3 is 9.47 Å². The Morgan fingerprint density at radius 2 is 1.74 bits per heavy atom. The molecule has 0 saturated carbocycles. The number of benzene rings is 2. The van der Waals surface area contributed by atoms with E-state index >= 15 is 0 Å². The SMILES string of the molecule is COc1ccc(N=C(OC(C)/C=C/CCc2ccccc2)C(F)(F)F)cc1. The smallest absolute Gasteiger partial charge is 0.468 e. The van der Waals surface area contributed by atoms with Gasteiger partial charge in [-0.25, -0.2) is 4.99 Å². The molecule has 2 aromatic carbocycles. The molecule has 0 saturated heterocycles. The number of methoxy groups -OCH3 is 1. The van der Waals surface area contributed by atoms with E-state index in [4.69, 9.17) is 9.47 Å². The summed E-state index contributed by atoms with van der Waals surface area (Å²) in [5, 5.41) is 0. The first-order chi connectivity index (χ1) is 12.9. The van der Waals surface area contributed by atoms with Crippen LogP contribution in [0.3, 0.4) is 0 Å². The third-order valence-electron chi connectivity index (χ3n) is 3.69. The molecule has 0 aromatic heterocycles. The van der Waals surface area contributed by atoms with Gasteiger partial charge in [0.1, 0.15) is 11.9 Å². The minimum atomic E-state index is -4.67. The number of aliphatic imine (C=N–C) groups is 1. The molecule has 0 aliphatic heterocycles. The molecule has 144 valence electrons. The Morgan fingerprint density at radius 3 is 2.33 bits per heavy atom. The fourth-order valence-corrected chi connectivity index (χ4v) is 2.33. The van der Waals surface area contributed by atoms with Gasteiger partial charge in [0, 0.05) is 0 Å². The molecule has 0 aliphatic carbocycles. The average molecular weight is 377 g/mol. The molecular weight excluding hydrogens is 355 g/mol. The highest BCUT2D eigenvalue weighted by molar-refractivity contribution is 5.84. The van der Waals surface area contributed by atoms with Crippen molar-refractivity contribution in [1.29, 1.82) is 0 Å². The van der Waals surface area contributed by atoms with Gasteiger partial charge in [-0.15, -0.1) is 0 Å². The Bertz CT molecular complexity index is 753. The number of rotatable bonds is 7. The van der Waals surface area contributed by atoms with Crippen molar-refractivity contribution in [2.45, 2.75) is 32.0 Å². The van der Waals surface area contributed by atoms with Crippen molar-refractivity contribution in [2.75, 3.05) is 7.11 Å². The molecule has 0 bridgehead atoms. The molecule has 3 nitrogen and oxygen atoms in total. The lowest BCUT2D eigenvalue weighted by molar-refractivity contribution is -0.0804. The number of nitrogens with zero attached hydrogens (tertiary/aromatic N) is 1. The average Bonchev–Trinajstić information content (AvgIpc) is 2.65. The summed E-state index contributed by atoms with van der Waals surface area (Å²) in [7, 11) is 1.48. The fourth-order valence-electron chi connectivity index (χ4n) is 2.33. The van der Waals surface area contributed by atoms with Gasteiger partial charge in [0.15, 0.2) is 0 Å². The van der Waals surface area contributed by atoms with Crippen LogP contribution in [0.2, 0.25) is 0 Å². The third kappa shape index (κ3) is 7.17. The topological polar surface area (TPSA) is 30.8 Å². The second-order valence-corrected chi connectivity index (χ2v) is 5.89. The summed E-state index contributed by atoms with van der Waals surface area (Å²) in [6.45, 7) is 1.55. The zero-order chi connectivity index (χ0) is 19.7. The van der Waals surface area contributed by atoms with E-state index < -0.39 is 18.2 Å². The molecule has 6 heteroatoms. The third-order valence-corrected chi connectivity index (χ3v) is 3.69. The molecule has 1 unspecified atom stereocenters. The Hall–Kier alpha value is -2.76. The first-order valence-corrected chi connectivity index (χ1v) is 8.55. The molecule has 0 N–H and O–H groups in total. The van der Waals surface area contributed by atoms with Gasteiger partial charge in [0.2, 0.25) is 0 Å². The number of alkyl halides is 3. The second kappa shape index (κ2) is 9.80. The van der Waals surface area contributed by atoms with E-state index in [0.717, 1.165) is 6.42 Å². The van der Waals surface area contributed by atoms with Crippen molar-refractivity contribution in [2.24, 2.45) is 4.99 Å². The number of allylic oxidation sites excluding steroid dienone is 1. The minimum Gasteiger partial charge on any atom is -0.497 e. The first kappa shape index (κ1) is 20.6.